The first-order chi connectivity index (χ1) is 11.7. The van der Waals surface area contributed by atoms with Gasteiger partial charge in [-0.2, -0.15) is 0 Å². The van der Waals surface area contributed by atoms with Gasteiger partial charge in [0.05, 0.1) is 0 Å². The zero-order chi connectivity index (χ0) is 16.9. The molecule has 0 saturated heterocycles. The van der Waals surface area contributed by atoms with Crippen LogP contribution in [0.4, 0.5) is 4.39 Å². The Kier molecular flexibility index (Phi) is 5.03. The van der Waals surface area contributed by atoms with Crippen molar-refractivity contribution in [2.24, 2.45) is 0 Å². The highest BCUT2D eigenvalue weighted by Crippen LogP contribution is 2.40. The van der Waals surface area contributed by atoms with Crippen molar-refractivity contribution in [2.75, 3.05) is 0 Å². The van der Waals surface area contributed by atoms with Gasteiger partial charge >= 0.3 is 0 Å². The van der Waals surface area contributed by atoms with Gasteiger partial charge in [0.25, 0.3) is 5.91 Å². The van der Waals surface area contributed by atoms with Gasteiger partial charge in [-0.3, -0.25) is 10.0 Å². The smallest absolute Gasteiger partial charge is 0.267 e. The Bertz CT molecular complexity index is 726. The molecule has 2 unspecified atom stereocenters. The zero-order valence-corrected chi connectivity index (χ0v) is 13.1. The fourth-order valence-electron chi connectivity index (χ4n) is 2.70. The highest BCUT2D eigenvalue weighted by Gasteiger charge is 2.37. The topological polar surface area (TPSA) is 61.4 Å². The second-order valence-electron chi connectivity index (χ2n) is 5.93. The van der Waals surface area contributed by atoms with Gasteiger partial charge < -0.3 is 5.32 Å². The number of amides is 1. The molecule has 0 spiro atoms. The van der Waals surface area contributed by atoms with E-state index in [0.29, 0.717) is 12.0 Å². The molecule has 4 nitrogen and oxygen atoms in total. The van der Waals surface area contributed by atoms with Crippen LogP contribution in [0.1, 0.15) is 29.0 Å². The third kappa shape index (κ3) is 4.28. The minimum Gasteiger partial charge on any atom is -0.309 e. The van der Waals surface area contributed by atoms with Gasteiger partial charge in [0.1, 0.15) is 5.82 Å². The summed E-state index contributed by atoms with van der Waals surface area (Å²) in [5.74, 6) is -0.291. The van der Waals surface area contributed by atoms with Gasteiger partial charge in [0, 0.05) is 24.6 Å². The molecule has 2 aromatic carbocycles. The fraction of sp³-hybridized carbons (Fsp3) is 0.211. The van der Waals surface area contributed by atoms with E-state index in [9.17, 15) is 9.18 Å². The Labute approximate surface area is 140 Å². The van der Waals surface area contributed by atoms with Crippen LogP contribution in [0.25, 0.3) is 6.08 Å². The average molecular weight is 326 g/mol. The van der Waals surface area contributed by atoms with Crippen LogP contribution in [0.15, 0.2) is 54.6 Å². The van der Waals surface area contributed by atoms with Crippen molar-refractivity contribution >= 4 is 12.0 Å². The van der Waals surface area contributed by atoms with E-state index in [1.165, 1.54) is 23.8 Å². The second kappa shape index (κ2) is 7.38. The number of hydroxylamine groups is 1. The molecule has 24 heavy (non-hydrogen) atoms. The monoisotopic (exact) mass is 326 g/mol. The lowest BCUT2D eigenvalue weighted by atomic mass is 10.1. The third-order valence-electron chi connectivity index (χ3n) is 4.17. The first kappa shape index (κ1) is 16.4. The van der Waals surface area contributed by atoms with Crippen LogP contribution in [0.5, 0.6) is 0 Å². The van der Waals surface area contributed by atoms with E-state index in [1.54, 1.807) is 11.6 Å². The molecule has 0 heterocycles. The van der Waals surface area contributed by atoms with Gasteiger partial charge in [-0.1, -0.05) is 36.4 Å². The largest absolute Gasteiger partial charge is 0.309 e. The molecule has 1 amide bonds. The standard InChI is InChI=1S/C19H19FN2O2/c20-16-8-6-15(7-9-16)17-11-18(17)21-12-14-3-1-13(2-4-14)5-10-19(23)22-24/h1-10,17-18,21,24H,11-12H2,(H,22,23)/b10-5+. The highest BCUT2D eigenvalue weighted by atomic mass is 19.1. The molecular weight excluding hydrogens is 307 g/mol. The summed E-state index contributed by atoms with van der Waals surface area (Å²) in [6, 6.07) is 15.0. The van der Waals surface area contributed by atoms with E-state index >= 15 is 0 Å². The van der Waals surface area contributed by atoms with Crippen LogP contribution in [0.3, 0.4) is 0 Å². The predicted molar refractivity (Wildman–Crippen MR) is 89.8 cm³/mol. The molecule has 3 rings (SSSR count). The van der Waals surface area contributed by atoms with Crippen molar-refractivity contribution < 1.29 is 14.4 Å². The van der Waals surface area contributed by atoms with E-state index in [4.69, 9.17) is 5.21 Å². The molecule has 1 saturated carbocycles. The summed E-state index contributed by atoms with van der Waals surface area (Å²) in [7, 11) is 0. The molecule has 1 aliphatic rings. The van der Waals surface area contributed by atoms with Gasteiger partial charge in [0.15, 0.2) is 0 Å². The number of benzene rings is 2. The maximum Gasteiger partial charge on any atom is 0.267 e. The summed E-state index contributed by atoms with van der Waals surface area (Å²) in [6.07, 6.45) is 3.97. The number of carbonyl (C=O) groups is 1. The number of carbonyl (C=O) groups excluding carboxylic acids is 1. The van der Waals surface area contributed by atoms with Crippen molar-refractivity contribution in [3.05, 3.63) is 77.1 Å². The quantitative estimate of drug-likeness (QED) is 0.434. The minimum atomic E-state index is -0.554. The molecular formula is C19H19FN2O2. The summed E-state index contributed by atoms with van der Waals surface area (Å²) in [5, 5.41) is 11.9. The molecule has 1 fully saturated rings. The van der Waals surface area contributed by atoms with E-state index in [1.807, 2.05) is 36.4 Å². The fourth-order valence-corrected chi connectivity index (χ4v) is 2.70. The van der Waals surface area contributed by atoms with E-state index in [-0.39, 0.29) is 5.82 Å². The highest BCUT2D eigenvalue weighted by molar-refractivity contribution is 5.90. The van der Waals surface area contributed by atoms with Crippen LogP contribution >= 0.6 is 0 Å². The van der Waals surface area contributed by atoms with Crippen LogP contribution in [-0.4, -0.2) is 17.2 Å². The van der Waals surface area contributed by atoms with Crippen LogP contribution in [0.2, 0.25) is 0 Å². The molecule has 5 heteroatoms. The van der Waals surface area contributed by atoms with Gasteiger partial charge in [0.2, 0.25) is 0 Å². The molecule has 0 bridgehead atoms. The predicted octanol–water partition coefficient (Wildman–Crippen LogP) is 2.99. The average Bonchev–Trinajstić information content (AvgIpc) is 3.39. The van der Waals surface area contributed by atoms with Crippen molar-refractivity contribution in [3.63, 3.8) is 0 Å². The number of hydrogen-bond donors (Lipinski definition) is 3. The van der Waals surface area contributed by atoms with Crippen LogP contribution < -0.4 is 10.8 Å². The maximum atomic E-state index is 12.9. The van der Waals surface area contributed by atoms with Crippen molar-refractivity contribution in [1.82, 2.24) is 10.8 Å². The molecule has 124 valence electrons. The first-order valence-electron chi connectivity index (χ1n) is 7.85. The van der Waals surface area contributed by atoms with E-state index in [2.05, 4.69) is 5.32 Å². The summed E-state index contributed by atoms with van der Waals surface area (Å²) in [6.45, 7) is 0.767. The molecule has 0 aromatic heterocycles. The molecule has 0 radical (unpaired) electrons. The van der Waals surface area contributed by atoms with Gasteiger partial charge in [-0.05, 0) is 41.3 Å². The SMILES string of the molecule is O=C(/C=C/c1ccc(CNC2CC2c2ccc(F)cc2)cc1)NO. The van der Waals surface area contributed by atoms with Crippen molar-refractivity contribution in [3.8, 4) is 0 Å². The Hall–Kier alpha value is -2.50. The Morgan fingerprint density at radius 3 is 2.54 bits per heavy atom. The van der Waals surface area contributed by atoms with Gasteiger partial charge in [-0.15, -0.1) is 0 Å². The number of nitrogens with one attached hydrogen (secondary N) is 2. The lowest BCUT2D eigenvalue weighted by Crippen LogP contribution is -2.17. The minimum absolute atomic E-state index is 0.200. The lowest BCUT2D eigenvalue weighted by Gasteiger charge is -2.05. The number of halogens is 1. The lowest BCUT2D eigenvalue weighted by molar-refractivity contribution is -0.124. The van der Waals surface area contributed by atoms with Gasteiger partial charge in [-0.25, -0.2) is 9.87 Å². The van der Waals surface area contributed by atoms with E-state index < -0.39 is 5.91 Å². The van der Waals surface area contributed by atoms with E-state index in [0.717, 1.165) is 24.1 Å². The Morgan fingerprint density at radius 1 is 1.17 bits per heavy atom. The Balaban J connectivity index is 1.48. The summed E-state index contributed by atoms with van der Waals surface area (Å²) in [4.78, 5) is 10.9. The van der Waals surface area contributed by atoms with Crippen LogP contribution in [-0.2, 0) is 11.3 Å². The molecule has 1 aliphatic carbocycles. The summed E-state index contributed by atoms with van der Waals surface area (Å²) >= 11 is 0. The summed E-state index contributed by atoms with van der Waals surface area (Å²) in [5.41, 5.74) is 4.77. The number of rotatable bonds is 6. The first-order valence-corrected chi connectivity index (χ1v) is 7.85. The molecule has 2 atom stereocenters. The molecule has 2 aromatic rings. The zero-order valence-electron chi connectivity index (χ0n) is 13.1. The Morgan fingerprint density at radius 2 is 1.88 bits per heavy atom. The maximum absolute atomic E-state index is 12.9. The summed E-state index contributed by atoms with van der Waals surface area (Å²) < 4.78 is 12.9. The van der Waals surface area contributed by atoms with Crippen LogP contribution in [0, 0.1) is 5.82 Å². The van der Waals surface area contributed by atoms with Crippen molar-refractivity contribution in [2.45, 2.75) is 24.9 Å². The molecule has 0 aliphatic heterocycles. The normalized spacial score (nSPS) is 19.4. The second-order valence-corrected chi connectivity index (χ2v) is 5.93. The third-order valence-corrected chi connectivity index (χ3v) is 4.17. The number of hydrogen-bond acceptors (Lipinski definition) is 3. The van der Waals surface area contributed by atoms with Crippen molar-refractivity contribution in [1.29, 1.82) is 0 Å². The molecule has 3 N–H and O–H groups in total.